The van der Waals surface area contributed by atoms with Crippen molar-refractivity contribution in [1.29, 1.82) is 0 Å². The minimum absolute atomic E-state index is 0.716. The Morgan fingerprint density at radius 2 is 1.56 bits per heavy atom. The Morgan fingerprint density at radius 1 is 0.889 bits per heavy atom. The Labute approximate surface area is 168 Å². The number of hydrogen-bond donors (Lipinski definition) is 0. The molecule has 0 atom stereocenters. The van der Waals surface area contributed by atoms with Gasteiger partial charge in [0.2, 0.25) is 0 Å². The second kappa shape index (κ2) is 8.69. The van der Waals surface area contributed by atoms with E-state index in [1.165, 1.54) is 104 Å². The maximum atomic E-state index is 2.80. The normalized spacial score (nSPS) is 29.3. The average molecular weight is 377 g/mol. The van der Waals surface area contributed by atoms with E-state index in [0.29, 0.717) is 6.04 Å². The zero-order valence-electron chi connectivity index (χ0n) is 18.3. The molecule has 0 aromatic heterocycles. The molecular weight excluding hydrogens is 332 g/mol. The second-order valence-electron chi connectivity index (χ2n) is 10.5. The minimum atomic E-state index is 0.716. The molecule has 4 heteroatoms. The van der Waals surface area contributed by atoms with E-state index in [1.54, 1.807) is 0 Å². The summed E-state index contributed by atoms with van der Waals surface area (Å²) in [7, 11) is 0. The van der Waals surface area contributed by atoms with Crippen LogP contribution in [0.5, 0.6) is 0 Å². The van der Waals surface area contributed by atoms with Gasteiger partial charge in [0.1, 0.15) is 0 Å². The first-order chi connectivity index (χ1) is 13.1. The topological polar surface area (TPSA) is 13.0 Å². The number of hydrogen-bond acceptors (Lipinski definition) is 4. The third-order valence-corrected chi connectivity index (χ3v) is 8.00. The molecule has 4 rings (SSSR count). The molecule has 0 N–H and O–H groups in total. The van der Waals surface area contributed by atoms with Crippen LogP contribution in [0.25, 0.3) is 0 Å². The van der Waals surface area contributed by atoms with Crippen molar-refractivity contribution in [2.24, 2.45) is 11.3 Å². The summed E-state index contributed by atoms with van der Waals surface area (Å²) in [4.78, 5) is 11.0. The standard InChI is InChI=1S/C23H44N4/c1-4-7-23(8-9-23)19-25-17-21(18-25)16-24-10-5-22(6-11-24)27-14-12-26(13-15-27)20(2)3/h20-22H,4-19H2,1-3H3. The largest absolute Gasteiger partial charge is 0.303 e. The molecule has 0 radical (unpaired) electrons. The fraction of sp³-hybridized carbons (Fsp3) is 1.00. The highest BCUT2D eigenvalue weighted by atomic mass is 15.3. The molecule has 27 heavy (non-hydrogen) atoms. The van der Waals surface area contributed by atoms with Crippen molar-refractivity contribution in [3.05, 3.63) is 0 Å². The predicted molar refractivity (Wildman–Crippen MR) is 114 cm³/mol. The lowest BCUT2D eigenvalue weighted by atomic mass is 9.93. The molecule has 0 unspecified atom stereocenters. The van der Waals surface area contributed by atoms with Gasteiger partial charge in [-0.1, -0.05) is 13.3 Å². The van der Waals surface area contributed by atoms with Crippen LogP contribution in [0, 0.1) is 11.3 Å². The maximum Gasteiger partial charge on any atom is 0.0121 e. The van der Waals surface area contributed by atoms with E-state index in [9.17, 15) is 0 Å². The molecule has 0 spiro atoms. The van der Waals surface area contributed by atoms with E-state index < -0.39 is 0 Å². The molecule has 0 bridgehead atoms. The molecule has 1 aliphatic carbocycles. The van der Waals surface area contributed by atoms with E-state index in [0.717, 1.165) is 17.4 Å². The fourth-order valence-corrected chi connectivity index (χ4v) is 6.04. The summed E-state index contributed by atoms with van der Waals surface area (Å²) < 4.78 is 0. The Kier molecular flexibility index (Phi) is 6.48. The van der Waals surface area contributed by atoms with Crippen molar-refractivity contribution in [3.63, 3.8) is 0 Å². The first-order valence-electron chi connectivity index (χ1n) is 12.0. The summed E-state index contributed by atoms with van der Waals surface area (Å²) in [6, 6.07) is 1.57. The average Bonchev–Trinajstić information content (AvgIpc) is 3.40. The molecule has 0 aromatic carbocycles. The first-order valence-corrected chi connectivity index (χ1v) is 12.0. The van der Waals surface area contributed by atoms with Crippen molar-refractivity contribution in [2.75, 3.05) is 65.4 Å². The van der Waals surface area contributed by atoms with Gasteiger partial charge < -0.3 is 9.80 Å². The van der Waals surface area contributed by atoms with Crippen LogP contribution < -0.4 is 0 Å². The maximum absolute atomic E-state index is 2.80. The third-order valence-electron chi connectivity index (χ3n) is 8.00. The molecule has 156 valence electrons. The number of likely N-dealkylation sites (tertiary alicyclic amines) is 2. The van der Waals surface area contributed by atoms with Gasteiger partial charge in [-0.2, -0.15) is 0 Å². The van der Waals surface area contributed by atoms with Crippen molar-refractivity contribution in [2.45, 2.75) is 71.4 Å². The quantitative estimate of drug-likeness (QED) is 0.646. The van der Waals surface area contributed by atoms with E-state index in [1.807, 2.05) is 0 Å². The summed E-state index contributed by atoms with van der Waals surface area (Å²) in [5.41, 5.74) is 0.748. The van der Waals surface area contributed by atoms with Gasteiger partial charge in [0.15, 0.2) is 0 Å². The number of nitrogens with zero attached hydrogens (tertiary/aromatic N) is 4. The van der Waals surface area contributed by atoms with Crippen molar-refractivity contribution in [1.82, 2.24) is 19.6 Å². The van der Waals surface area contributed by atoms with E-state index in [4.69, 9.17) is 0 Å². The summed E-state index contributed by atoms with van der Waals surface area (Å²) in [6.45, 7) is 20.4. The molecule has 3 aliphatic heterocycles. The van der Waals surface area contributed by atoms with Crippen LogP contribution in [0.1, 0.15) is 59.3 Å². The minimum Gasteiger partial charge on any atom is -0.303 e. The first kappa shape index (κ1) is 20.1. The summed E-state index contributed by atoms with van der Waals surface area (Å²) in [5.74, 6) is 0.952. The lowest BCUT2D eigenvalue weighted by molar-refractivity contribution is 0.0208. The summed E-state index contributed by atoms with van der Waals surface area (Å²) >= 11 is 0. The van der Waals surface area contributed by atoms with Crippen LogP contribution >= 0.6 is 0 Å². The van der Waals surface area contributed by atoms with Gasteiger partial charge in [-0.3, -0.25) is 9.80 Å². The highest BCUT2D eigenvalue weighted by molar-refractivity contribution is 4.98. The molecule has 0 aromatic rings. The van der Waals surface area contributed by atoms with Gasteiger partial charge in [-0.25, -0.2) is 0 Å². The third kappa shape index (κ3) is 5.07. The smallest absolute Gasteiger partial charge is 0.0121 e. The van der Waals surface area contributed by atoms with Gasteiger partial charge in [-0.05, 0) is 70.4 Å². The van der Waals surface area contributed by atoms with E-state index >= 15 is 0 Å². The predicted octanol–water partition coefficient (Wildman–Crippen LogP) is 2.99. The molecule has 3 saturated heterocycles. The molecule has 1 saturated carbocycles. The number of piperidine rings is 1. The lowest BCUT2D eigenvalue weighted by Crippen LogP contribution is -2.56. The van der Waals surface area contributed by atoms with Crippen LogP contribution in [0.4, 0.5) is 0 Å². The van der Waals surface area contributed by atoms with Crippen molar-refractivity contribution < 1.29 is 0 Å². The highest BCUT2D eigenvalue weighted by Gasteiger charge is 2.45. The highest BCUT2D eigenvalue weighted by Crippen LogP contribution is 2.50. The van der Waals surface area contributed by atoms with Gasteiger partial charge >= 0.3 is 0 Å². The molecule has 3 heterocycles. The van der Waals surface area contributed by atoms with Gasteiger partial charge in [0.25, 0.3) is 0 Å². The van der Waals surface area contributed by atoms with Crippen LogP contribution in [0.2, 0.25) is 0 Å². The van der Waals surface area contributed by atoms with Gasteiger partial charge in [-0.15, -0.1) is 0 Å². The Balaban J connectivity index is 1.10. The molecule has 4 fully saturated rings. The lowest BCUT2D eigenvalue weighted by Gasteiger charge is -2.46. The zero-order chi connectivity index (χ0) is 18.9. The van der Waals surface area contributed by atoms with Gasteiger partial charge in [0, 0.05) is 64.4 Å². The summed E-state index contributed by atoms with van der Waals surface area (Å²) in [5, 5.41) is 0. The van der Waals surface area contributed by atoms with E-state index in [2.05, 4.69) is 40.4 Å². The number of piperazine rings is 1. The molecule has 4 aliphatic rings. The van der Waals surface area contributed by atoms with Crippen LogP contribution in [-0.4, -0.2) is 97.1 Å². The fourth-order valence-electron chi connectivity index (χ4n) is 6.04. The Hall–Kier alpha value is -0.160. The number of rotatable bonds is 8. The molecule has 0 amide bonds. The van der Waals surface area contributed by atoms with Crippen molar-refractivity contribution in [3.8, 4) is 0 Å². The van der Waals surface area contributed by atoms with Crippen LogP contribution in [-0.2, 0) is 0 Å². The molecular formula is C23H44N4. The summed E-state index contributed by atoms with van der Waals surface area (Å²) in [6.07, 6.45) is 8.64. The Bertz CT molecular complexity index is 453. The monoisotopic (exact) mass is 376 g/mol. The molecule has 4 nitrogen and oxygen atoms in total. The zero-order valence-corrected chi connectivity index (χ0v) is 18.3. The van der Waals surface area contributed by atoms with Crippen molar-refractivity contribution >= 4 is 0 Å². The van der Waals surface area contributed by atoms with E-state index in [-0.39, 0.29) is 0 Å². The Morgan fingerprint density at radius 3 is 2.11 bits per heavy atom. The van der Waals surface area contributed by atoms with Crippen LogP contribution in [0.15, 0.2) is 0 Å². The second-order valence-corrected chi connectivity index (χ2v) is 10.5. The van der Waals surface area contributed by atoms with Gasteiger partial charge in [0.05, 0.1) is 0 Å². The SMILES string of the molecule is CCCC1(CN2CC(CN3CCC(N4CCN(C(C)C)CC4)CC3)C2)CC1. The van der Waals surface area contributed by atoms with Crippen LogP contribution in [0.3, 0.4) is 0 Å².